The van der Waals surface area contributed by atoms with E-state index in [0.717, 1.165) is 40.9 Å². The van der Waals surface area contributed by atoms with Crippen LogP contribution in [-0.4, -0.2) is 28.3 Å². The second-order valence-electron chi connectivity index (χ2n) is 8.11. The Morgan fingerprint density at radius 1 is 1.31 bits per heavy atom. The average molecular weight is 407 g/mol. The van der Waals surface area contributed by atoms with Crippen LogP contribution in [0.3, 0.4) is 0 Å². The number of fused-ring (bicyclic) bond motifs is 4. The Balaban J connectivity index is 1.47. The van der Waals surface area contributed by atoms with Gasteiger partial charge in [-0.05, 0) is 54.5 Å². The number of nitrogens with zero attached hydrogens (tertiary/aromatic N) is 3. The highest BCUT2D eigenvalue weighted by atomic mass is 32.1. The van der Waals surface area contributed by atoms with Gasteiger partial charge in [-0.2, -0.15) is 0 Å². The lowest BCUT2D eigenvalue weighted by Crippen LogP contribution is -2.25. The van der Waals surface area contributed by atoms with Crippen LogP contribution in [-0.2, 0) is 30.6 Å². The van der Waals surface area contributed by atoms with Gasteiger partial charge in [0.1, 0.15) is 4.83 Å². The van der Waals surface area contributed by atoms with Gasteiger partial charge >= 0.3 is 0 Å². The van der Waals surface area contributed by atoms with Crippen molar-refractivity contribution in [3.63, 3.8) is 0 Å². The highest BCUT2D eigenvalue weighted by Crippen LogP contribution is 2.35. The van der Waals surface area contributed by atoms with Crippen LogP contribution in [0, 0.1) is 5.92 Å². The fourth-order valence-corrected chi connectivity index (χ4v) is 5.71. The van der Waals surface area contributed by atoms with Gasteiger partial charge in [-0.1, -0.05) is 6.92 Å². The van der Waals surface area contributed by atoms with Crippen molar-refractivity contribution < 1.29 is 9.59 Å². The zero-order valence-electron chi connectivity index (χ0n) is 16.4. The smallest absolute Gasteiger partial charge is 0.262 e. The lowest BCUT2D eigenvalue weighted by atomic mass is 9.89. The molecule has 0 fully saturated rings. The van der Waals surface area contributed by atoms with Crippen LogP contribution in [0.2, 0.25) is 0 Å². The number of thiophene rings is 1. The predicted octanol–water partition coefficient (Wildman–Crippen LogP) is 2.98. The molecule has 0 N–H and O–H groups in total. The van der Waals surface area contributed by atoms with E-state index in [4.69, 9.17) is 0 Å². The quantitative estimate of drug-likeness (QED) is 0.626. The summed E-state index contributed by atoms with van der Waals surface area (Å²) < 4.78 is 1.42. The van der Waals surface area contributed by atoms with Crippen molar-refractivity contribution in [1.82, 2.24) is 9.55 Å². The number of hydrogen-bond donors (Lipinski definition) is 0. The number of carbonyl (C=O) groups excluding carboxylic acids is 2. The van der Waals surface area contributed by atoms with Gasteiger partial charge < -0.3 is 4.90 Å². The van der Waals surface area contributed by atoms with Crippen LogP contribution in [0.25, 0.3) is 10.2 Å². The first kappa shape index (κ1) is 18.2. The number of benzene rings is 1. The lowest BCUT2D eigenvalue weighted by molar-refractivity contribution is -0.117. The minimum Gasteiger partial charge on any atom is -0.315 e. The predicted molar refractivity (Wildman–Crippen MR) is 113 cm³/mol. The number of amides is 1. The highest BCUT2D eigenvalue weighted by molar-refractivity contribution is 7.18. The number of aryl methyl sites for hydroxylation is 1. The van der Waals surface area contributed by atoms with Gasteiger partial charge in [0.25, 0.3) is 5.56 Å². The molecule has 0 radical (unpaired) electrons. The molecule has 0 saturated heterocycles. The van der Waals surface area contributed by atoms with Crippen LogP contribution < -0.4 is 10.5 Å². The highest BCUT2D eigenvalue weighted by Gasteiger charge is 2.26. The first-order valence-electron chi connectivity index (χ1n) is 9.84. The second kappa shape index (κ2) is 6.62. The second-order valence-corrected chi connectivity index (χ2v) is 9.19. The van der Waals surface area contributed by atoms with Crippen molar-refractivity contribution in [3.8, 4) is 0 Å². The summed E-state index contributed by atoms with van der Waals surface area (Å²) in [6.45, 7) is 2.19. The minimum atomic E-state index is -0.157. The number of hydrogen-bond acceptors (Lipinski definition) is 5. The molecule has 0 bridgehead atoms. The summed E-state index contributed by atoms with van der Waals surface area (Å²) >= 11 is 1.61. The zero-order chi connectivity index (χ0) is 20.3. The standard InChI is InChI=1S/C22H21N3O3S/c1-12-3-5-15-18(7-12)29-21-20(15)22(28)25(11-23-21)10-17(26)13-4-6-16-14(8-13)9-19(27)24(16)2/h4,6,8,11-12H,3,5,7,9-10H2,1-2H3/t12-/m1/s1. The first-order chi connectivity index (χ1) is 13.9. The molecular formula is C22H21N3O3S. The molecule has 3 aromatic rings. The van der Waals surface area contributed by atoms with Gasteiger partial charge in [-0.25, -0.2) is 4.98 Å². The summed E-state index contributed by atoms with van der Waals surface area (Å²) in [6, 6.07) is 5.29. The van der Waals surface area contributed by atoms with Crippen molar-refractivity contribution >= 4 is 38.9 Å². The molecule has 1 aliphatic carbocycles. The van der Waals surface area contributed by atoms with Gasteiger partial charge in [0, 0.05) is 23.2 Å². The van der Waals surface area contributed by atoms with Crippen molar-refractivity contribution in [2.45, 2.75) is 39.2 Å². The number of rotatable bonds is 3. The maximum atomic E-state index is 13.1. The Morgan fingerprint density at radius 3 is 2.97 bits per heavy atom. The van der Waals surface area contributed by atoms with E-state index in [-0.39, 0.29) is 23.8 Å². The molecule has 1 aliphatic heterocycles. The number of Topliss-reactive ketones (excluding diaryl/α,β-unsaturated/α-hetero) is 1. The van der Waals surface area contributed by atoms with E-state index in [0.29, 0.717) is 23.3 Å². The fraction of sp³-hybridized carbons (Fsp3) is 0.364. The Morgan fingerprint density at radius 2 is 2.14 bits per heavy atom. The molecule has 6 nitrogen and oxygen atoms in total. The molecule has 0 saturated carbocycles. The molecule has 5 rings (SSSR count). The molecule has 2 aliphatic rings. The summed E-state index contributed by atoms with van der Waals surface area (Å²) in [5.41, 5.74) is 3.20. The molecule has 0 spiro atoms. The topological polar surface area (TPSA) is 72.3 Å². The number of aromatic nitrogens is 2. The van der Waals surface area contributed by atoms with Gasteiger partial charge in [0.2, 0.25) is 5.91 Å². The summed E-state index contributed by atoms with van der Waals surface area (Å²) in [4.78, 5) is 46.0. The van der Waals surface area contributed by atoms with E-state index in [1.807, 2.05) is 0 Å². The van der Waals surface area contributed by atoms with Gasteiger partial charge in [0.05, 0.1) is 24.7 Å². The molecular weight excluding hydrogens is 386 g/mol. The van der Waals surface area contributed by atoms with Crippen LogP contribution in [0.4, 0.5) is 5.69 Å². The normalized spacial score (nSPS) is 18.2. The Kier molecular flexibility index (Phi) is 4.17. The molecule has 1 aromatic carbocycles. The van der Waals surface area contributed by atoms with Crippen molar-refractivity contribution in [2.24, 2.45) is 5.92 Å². The van der Waals surface area contributed by atoms with Crippen LogP contribution in [0.1, 0.15) is 39.7 Å². The van der Waals surface area contributed by atoms with Crippen molar-refractivity contribution in [1.29, 1.82) is 0 Å². The van der Waals surface area contributed by atoms with E-state index >= 15 is 0 Å². The summed E-state index contributed by atoms with van der Waals surface area (Å²) in [6.07, 6.45) is 4.77. The zero-order valence-corrected chi connectivity index (χ0v) is 17.2. The van der Waals surface area contributed by atoms with E-state index in [1.54, 1.807) is 41.5 Å². The van der Waals surface area contributed by atoms with Gasteiger partial charge in [-0.3, -0.25) is 19.0 Å². The average Bonchev–Trinajstić information content (AvgIpc) is 3.20. The summed E-state index contributed by atoms with van der Waals surface area (Å²) in [5, 5.41) is 0.688. The Bertz CT molecular complexity index is 1240. The Labute approximate surface area is 171 Å². The van der Waals surface area contributed by atoms with Crippen molar-refractivity contribution in [3.05, 3.63) is 56.4 Å². The third-order valence-electron chi connectivity index (χ3n) is 6.07. The first-order valence-corrected chi connectivity index (χ1v) is 10.7. The maximum Gasteiger partial charge on any atom is 0.262 e. The third kappa shape index (κ3) is 2.92. The number of likely N-dealkylation sites (N-methyl/N-ethyl adjacent to an activating group) is 1. The number of carbonyl (C=O) groups is 2. The van der Waals surface area contributed by atoms with E-state index < -0.39 is 0 Å². The summed E-state index contributed by atoms with van der Waals surface area (Å²) in [7, 11) is 1.73. The van der Waals surface area contributed by atoms with Gasteiger partial charge in [-0.15, -0.1) is 11.3 Å². The van der Waals surface area contributed by atoms with Gasteiger partial charge in [0.15, 0.2) is 5.78 Å². The van der Waals surface area contributed by atoms with E-state index in [2.05, 4.69) is 11.9 Å². The third-order valence-corrected chi connectivity index (χ3v) is 7.24. The SMILES string of the molecule is C[C@@H]1CCc2c(sc3ncn(CC(=O)c4ccc5c(c4)CC(=O)N5C)c(=O)c23)C1. The van der Waals surface area contributed by atoms with Crippen LogP contribution >= 0.6 is 11.3 Å². The van der Waals surface area contributed by atoms with E-state index in [1.165, 1.54) is 15.8 Å². The lowest BCUT2D eigenvalue weighted by Gasteiger charge is -2.17. The molecule has 148 valence electrons. The summed E-state index contributed by atoms with van der Waals surface area (Å²) in [5.74, 6) is 0.493. The molecule has 7 heteroatoms. The molecule has 29 heavy (non-hydrogen) atoms. The number of anilines is 1. The molecule has 0 unspecified atom stereocenters. The molecule has 3 heterocycles. The number of ketones is 1. The molecule has 2 aromatic heterocycles. The Hall–Kier alpha value is -2.80. The largest absolute Gasteiger partial charge is 0.315 e. The van der Waals surface area contributed by atoms with Crippen molar-refractivity contribution in [2.75, 3.05) is 11.9 Å². The monoisotopic (exact) mass is 407 g/mol. The molecule has 1 amide bonds. The minimum absolute atomic E-state index is 0.0204. The maximum absolute atomic E-state index is 13.1. The fourth-order valence-electron chi connectivity index (χ4n) is 4.37. The van der Waals surface area contributed by atoms with Crippen LogP contribution in [0.5, 0.6) is 0 Å². The van der Waals surface area contributed by atoms with Crippen LogP contribution in [0.15, 0.2) is 29.3 Å². The van der Waals surface area contributed by atoms with E-state index in [9.17, 15) is 14.4 Å². The molecule has 1 atom stereocenters.